The molecule has 7 nitrogen and oxygen atoms in total. The van der Waals surface area contributed by atoms with Crippen LogP contribution < -0.4 is 5.32 Å². The van der Waals surface area contributed by atoms with Gasteiger partial charge >= 0.3 is 0 Å². The van der Waals surface area contributed by atoms with Crippen molar-refractivity contribution in [3.05, 3.63) is 65.7 Å². The first kappa shape index (κ1) is 24.4. The molecule has 2 aromatic carbocycles. The van der Waals surface area contributed by atoms with Crippen molar-refractivity contribution in [1.29, 1.82) is 0 Å². The predicted molar refractivity (Wildman–Crippen MR) is 130 cm³/mol. The molecule has 1 N–H and O–H groups in total. The Kier molecular flexibility index (Phi) is 7.09. The number of hydrogen-bond acceptors (Lipinski definition) is 4. The zero-order valence-electron chi connectivity index (χ0n) is 19.9. The number of sulfonamides is 1. The smallest absolute Gasteiger partial charge is 0.247 e. The minimum atomic E-state index is -3.93. The highest BCUT2D eigenvalue weighted by molar-refractivity contribution is 7.89. The number of nitrogens with zero attached hydrogens (tertiary/aromatic N) is 2. The van der Waals surface area contributed by atoms with E-state index in [0.29, 0.717) is 0 Å². The van der Waals surface area contributed by atoms with E-state index in [1.165, 1.54) is 12.1 Å². The van der Waals surface area contributed by atoms with Gasteiger partial charge in [0.1, 0.15) is 5.54 Å². The van der Waals surface area contributed by atoms with Crippen LogP contribution in [0.3, 0.4) is 0 Å². The topological polar surface area (TPSA) is 86.8 Å². The lowest BCUT2D eigenvalue weighted by molar-refractivity contribution is -0.154. The molecule has 34 heavy (non-hydrogen) atoms. The van der Waals surface area contributed by atoms with Gasteiger partial charge in [-0.25, -0.2) is 8.42 Å². The third kappa shape index (κ3) is 4.88. The van der Waals surface area contributed by atoms with Crippen LogP contribution in [0.15, 0.2) is 59.5 Å². The van der Waals surface area contributed by atoms with Gasteiger partial charge in [-0.1, -0.05) is 61.7 Å². The van der Waals surface area contributed by atoms with Crippen LogP contribution in [0, 0.1) is 6.92 Å². The SMILES string of the molecule is Cc1ccccc1CN1C(=O)CN(S(=O)(=O)c2ccccc2)C[C@]1(C)C(=O)NC1CCCCC1. The Bertz CT molecular complexity index is 1150. The number of benzene rings is 2. The Morgan fingerprint density at radius 1 is 1.03 bits per heavy atom. The standard InChI is InChI=1S/C26H33N3O4S/c1-20-11-9-10-12-21(20)17-29-24(30)18-28(34(32,33)23-15-7-4-8-16-23)19-26(29,2)25(31)27-22-13-5-3-6-14-22/h4,7-12,15-16,22H,3,5-6,13-14,17-19H2,1-2H3,(H,27,31)/t26-/m1/s1. The number of hydrogen-bond donors (Lipinski definition) is 1. The lowest BCUT2D eigenvalue weighted by atomic mass is 9.91. The molecular weight excluding hydrogens is 450 g/mol. The molecule has 2 aliphatic rings. The highest BCUT2D eigenvalue weighted by atomic mass is 32.2. The zero-order valence-corrected chi connectivity index (χ0v) is 20.7. The second-order valence-corrected chi connectivity index (χ2v) is 11.5. The number of carbonyl (C=O) groups is 2. The van der Waals surface area contributed by atoms with Gasteiger partial charge in [0.05, 0.1) is 11.4 Å². The summed E-state index contributed by atoms with van der Waals surface area (Å²) in [5.74, 6) is -0.676. The molecule has 0 unspecified atom stereocenters. The third-order valence-corrected chi connectivity index (χ3v) is 8.90. The molecule has 1 saturated carbocycles. The summed E-state index contributed by atoms with van der Waals surface area (Å²) in [5.41, 5.74) is 0.619. The summed E-state index contributed by atoms with van der Waals surface area (Å²) < 4.78 is 27.9. The molecule has 1 heterocycles. The number of amides is 2. The fraction of sp³-hybridized carbons (Fsp3) is 0.462. The third-order valence-electron chi connectivity index (χ3n) is 7.09. The van der Waals surface area contributed by atoms with E-state index in [1.54, 1.807) is 30.0 Å². The molecule has 4 rings (SSSR count). The van der Waals surface area contributed by atoms with Gasteiger partial charge in [-0.3, -0.25) is 9.59 Å². The first-order valence-electron chi connectivity index (χ1n) is 11.9. The van der Waals surface area contributed by atoms with Crippen LogP contribution in [0.5, 0.6) is 0 Å². The Morgan fingerprint density at radius 2 is 1.68 bits per heavy atom. The fourth-order valence-corrected chi connectivity index (χ4v) is 6.41. The average Bonchev–Trinajstić information content (AvgIpc) is 2.83. The van der Waals surface area contributed by atoms with E-state index in [0.717, 1.165) is 47.5 Å². The van der Waals surface area contributed by atoms with Crippen molar-refractivity contribution in [1.82, 2.24) is 14.5 Å². The van der Waals surface area contributed by atoms with Crippen LogP contribution >= 0.6 is 0 Å². The Labute approximate surface area is 202 Å². The summed E-state index contributed by atoms with van der Waals surface area (Å²) in [6.45, 7) is 3.51. The maximum absolute atomic E-state index is 13.7. The van der Waals surface area contributed by atoms with E-state index in [-0.39, 0.29) is 42.4 Å². The van der Waals surface area contributed by atoms with E-state index in [4.69, 9.17) is 0 Å². The molecule has 182 valence electrons. The van der Waals surface area contributed by atoms with Gasteiger partial charge in [0.15, 0.2) is 0 Å². The molecule has 8 heteroatoms. The van der Waals surface area contributed by atoms with Crippen LogP contribution in [-0.2, 0) is 26.2 Å². The van der Waals surface area contributed by atoms with E-state index in [2.05, 4.69) is 5.32 Å². The first-order chi connectivity index (χ1) is 16.2. The van der Waals surface area contributed by atoms with Gasteiger partial charge in [0, 0.05) is 19.1 Å². The first-order valence-corrected chi connectivity index (χ1v) is 13.4. The lowest BCUT2D eigenvalue weighted by Gasteiger charge is -2.47. The molecule has 0 radical (unpaired) electrons. The van der Waals surface area contributed by atoms with Gasteiger partial charge in [0.25, 0.3) is 0 Å². The largest absolute Gasteiger partial charge is 0.351 e. The number of aryl methyl sites for hydroxylation is 1. The van der Waals surface area contributed by atoms with Crippen molar-refractivity contribution < 1.29 is 18.0 Å². The molecule has 1 saturated heterocycles. The highest BCUT2D eigenvalue weighted by Gasteiger charge is 2.50. The monoisotopic (exact) mass is 483 g/mol. The molecule has 0 bridgehead atoms. The summed E-state index contributed by atoms with van der Waals surface area (Å²) >= 11 is 0. The number of piperazine rings is 1. The van der Waals surface area contributed by atoms with Gasteiger partial charge in [-0.05, 0) is 49.9 Å². The summed E-state index contributed by atoms with van der Waals surface area (Å²) in [6, 6.07) is 15.9. The molecule has 0 spiro atoms. The van der Waals surface area contributed by atoms with Crippen LogP contribution in [0.1, 0.15) is 50.2 Å². The van der Waals surface area contributed by atoms with Crippen molar-refractivity contribution in [3.8, 4) is 0 Å². The second-order valence-electron chi connectivity index (χ2n) is 9.57. The van der Waals surface area contributed by atoms with Crippen molar-refractivity contribution in [2.75, 3.05) is 13.1 Å². The van der Waals surface area contributed by atoms with Crippen molar-refractivity contribution in [3.63, 3.8) is 0 Å². The van der Waals surface area contributed by atoms with Crippen LogP contribution in [0.4, 0.5) is 0 Å². The fourth-order valence-electron chi connectivity index (χ4n) is 4.91. The van der Waals surface area contributed by atoms with Gasteiger partial charge in [0.2, 0.25) is 21.8 Å². The molecule has 0 aromatic heterocycles. The Morgan fingerprint density at radius 3 is 2.35 bits per heavy atom. The van der Waals surface area contributed by atoms with Gasteiger partial charge in [-0.15, -0.1) is 0 Å². The number of rotatable bonds is 6. The quantitative estimate of drug-likeness (QED) is 0.683. The summed E-state index contributed by atoms with van der Waals surface area (Å²) in [7, 11) is -3.93. The lowest BCUT2D eigenvalue weighted by Crippen LogP contribution is -2.70. The Hall–Kier alpha value is -2.71. The van der Waals surface area contributed by atoms with Gasteiger partial charge < -0.3 is 10.2 Å². The minimum absolute atomic E-state index is 0.0506. The van der Waals surface area contributed by atoms with Gasteiger partial charge in [-0.2, -0.15) is 4.31 Å². The van der Waals surface area contributed by atoms with E-state index < -0.39 is 15.6 Å². The van der Waals surface area contributed by atoms with E-state index >= 15 is 0 Å². The average molecular weight is 484 g/mol. The minimum Gasteiger partial charge on any atom is -0.351 e. The molecular formula is C26H33N3O4S. The van der Waals surface area contributed by atoms with Crippen LogP contribution in [0.2, 0.25) is 0 Å². The predicted octanol–water partition coefficient (Wildman–Crippen LogP) is 3.24. The normalized spacial score (nSPS) is 22.5. The van der Waals surface area contributed by atoms with Crippen molar-refractivity contribution >= 4 is 21.8 Å². The Balaban J connectivity index is 1.67. The van der Waals surface area contributed by atoms with Crippen molar-refractivity contribution in [2.24, 2.45) is 0 Å². The highest BCUT2D eigenvalue weighted by Crippen LogP contribution is 2.30. The number of nitrogens with one attached hydrogen (secondary N) is 1. The van der Waals surface area contributed by atoms with E-state index in [1.807, 2.05) is 31.2 Å². The molecule has 2 amide bonds. The van der Waals surface area contributed by atoms with Crippen LogP contribution in [0.25, 0.3) is 0 Å². The molecule has 1 atom stereocenters. The summed E-state index contributed by atoms with van der Waals surface area (Å²) in [5, 5.41) is 3.14. The molecule has 1 aliphatic carbocycles. The second kappa shape index (κ2) is 9.88. The molecule has 2 aromatic rings. The van der Waals surface area contributed by atoms with Crippen LogP contribution in [-0.4, -0.2) is 54.1 Å². The zero-order chi connectivity index (χ0) is 24.3. The molecule has 2 fully saturated rings. The summed E-state index contributed by atoms with van der Waals surface area (Å²) in [6.07, 6.45) is 5.08. The van der Waals surface area contributed by atoms with E-state index in [9.17, 15) is 18.0 Å². The number of carbonyl (C=O) groups excluding carboxylic acids is 2. The van der Waals surface area contributed by atoms with Crippen molar-refractivity contribution in [2.45, 2.75) is 69.0 Å². The molecule has 1 aliphatic heterocycles. The maximum Gasteiger partial charge on any atom is 0.247 e. The summed E-state index contributed by atoms with van der Waals surface area (Å²) in [4.78, 5) is 28.8. The maximum atomic E-state index is 13.7.